The molecule has 0 saturated carbocycles. The minimum atomic E-state index is -1.02. The van der Waals surface area contributed by atoms with Crippen LogP contribution in [-0.4, -0.2) is 32.5 Å². The van der Waals surface area contributed by atoms with Gasteiger partial charge in [0.1, 0.15) is 11.6 Å². The van der Waals surface area contributed by atoms with Gasteiger partial charge in [-0.1, -0.05) is 18.2 Å². The number of anilines is 1. The smallest absolute Gasteiger partial charge is 0.335 e. The zero-order chi connectivity index (χ0) is 19.0. The second-order valence-corrected chi connectivity index (χ2v) is 7.07. The van der Waals surface area contributed by atoms with Crippen molar-refractivity contribution in [3.05, 3.63) is 77.2 Å². The van der Waals surface area contributed by atoms with Gasteiger partial charge in [-0.25, -0.2) is 13.9 Å². The normalized spacial score (nSPS) is 16.3. The molecule has 2 heterocycles. The largest absolute Gasteiger partial charge is 0.478 e. The average Bonchev–Trinajstić information content (AvgIpc) is 2.99. The van der Waals surface area contributed by atoms with Gasteiger partial charge in [-0.2, -0.15) is 5.10 Å². The fourth-order valence-corrected chi connectivity index (χ4v) is 4.09. The summed E-state index contributed by atoms with van der Waals surface area (Å²) in [6.45, 7) is 0. The van der Waals surface area contributed by atoms with E-state index in [1.807, 2.05) is 0 Å². The summed E-state index contributed by atoms with van der Waals surface area (Å²) in [4.78, 5) is 23.2. The number of carbonyl (C=O) groups excluding carboxylic acids is 1. The summed E-state index contributed by atoms with van der Waals surface area (Å²) in [5.41, 5.74) is 1.93. The Balaban J connectivity index is 1.81. The molecule has 1 amide bonds. The van der Waals surface area contributed by atoms with Gasteiger partial charge < -0.3 is 10.4 Å². The summed E-state index contributed by atoms with van der Waals surface area (Å²) in [5.74, 6) is -0.921. The molecule has 2 N–H and O–H groups in total. The number of carboxylic acids is 1. The molecule has 0 bridgehead atoms. The summed E-state index contributed by atoms with van der Waals surface area (Å²) in [6, 6.07) is 12.6. The maximum atomic E-state index is 14.3. The van der Waals surface area contributed by atoms with Crippen LogP contribution in [0.4, 0.5) is 10.2 Å². The summed E-state index contributed by atoms with van der Waals surface area (Å²) in [7, 11) is 0. The summed E-state index contributed by atoms with van der Waals surface area (Å²) >= 11 is 1.33. The van der Waals surface area contributed by atoms with E-state index in [4.69, 9.17) is 5.11 Å². The lowest BCUT2D eigenvalue weighted by Gasteiger charge is -2.15. The minimum Gasteiger partial charge on any atom is -0.478 e. The lowest BCUT2D eigenvalue weighted by molar-refractivity contribution is -0.113. The van der Waals surface area contributed by atoms with Crippen LogP contribution in [0.5, 0.6) is 0 Å². The van der Waals surface area contributed by atoms with Gasteiger partial charge in [-0.15, -0.1) is 11.8 Å². The lowest BCUT2D eigenvalue weighted by Crippen LogP contribution is -2.15. The number of benzene rings is 2. The van der Waals surface area contributed by atoms with Gasteiger partial charge in [0.2, 0.25) is 5.91 Å². The van der Waals surface area contributed by atoms with Crippen LogP contribution in [0.15, 0.2) is 54.7 Å². The Morgan fingerprint density at radius 3 is 2.63 bits per heavy atom. The number of carbonyl (C=O) groups is 2. The Kier molecular flexibility index (Phi) is 4.41. The van der Waals surface area contributed by atoms with E-state index in [0.717, 1.165) is 0 Å². The van der Waals surface area contributed by atoms with Crippen molar-refractivity contribution in [2.75, 3.05) is 11.1 Å². The first-order chi connectivity index (χ1) is 13.0. The van der Waals surface area contributed by atoms with Crippen molar-refractivity contribution < 1.29 is 19.1 Å². The van der Waals surface area contributed by atoms with Crippen molar-refractivity contribution in [3.63, 3.8) is 0 Å². The Labute approximate surface area is 158 Å². The average molecular weight is 383 g/mol. The Bertz CT molecular complexity index is 1030. The molecule has 1 aliphatic heterocycles. The Morgan fingerprint density at radius 1 is 1.19 bits per heavy atom. The first-order valence-corrected chi connectivity index (χ1v) is 9.17. The molecule has 0 radical (unpaired) electrons. The monoisotopic (exact) mass is 383 g/mol. The quantitative estimate of drug-likeness (QED) is 0.723. The van der Waals surface area contributed by atoms with Crippen LogP contribution in [0.25, 0.3) is 5.69 Å². The maximum absolute atomic E-state index is 14.3. The number of halogens is 1. The van der Waals surface area contributed by atoms with Gasteiger partial charge in [-0.05, 0) is 30.3 Å². The van der Waals surface area contributed by atoms with Gasteiger partial charge >= 0.3 is 5.97 Å². The van der Waals surface area contributed by atoms with Crippen LogP contribution >= 0.6 is 11.8 Å². The molecule has 1 aromatic heterocycles. The van der Waals surface area contributed by atoms with Crippen molar-refractivity contribution in [3.8, 4) is 5.69 Å². The van der Waals surface area contributed by atoms with Crippen LogP contribution in [0, 0.1) is 5.82 Å². The number of aromatic nitrogens is 2. The zero-order valence-corrected chi connectivity index (χ0v) is 14.7. The third-order valence-electron chi connectivity index (χ3n) is 4.27. The molecule has 0 saturated heterocycles. The van der Waals surface area contributed by atoms with E-state index in [2.05, 4.69) is 10.4 Å². The highest BCUT2D eigenvalue weighted by atomic mass is 32.2. The van der Waals surface area contributed by atoms with Crippen molar-refractivity contribution in [1.29, 1.82) is 0 Å². The van der Waals surface area contributed by atoms with Crippen LogP contribution in [0.2, 0.25) is 0 Å². The van der Waals surface area contributed by atoms with Gasteiger partial charge in [0, 0.05) is 11.1 Å². The first-order valence-electron chi connectivity index (χ1n) is 8.12. The molecule has 0 aliphatic carbocycles. The summed E-state index contributed by atoms with van der Waals surface area (Å²) < 4.78 is 15.9. The van der Waals surface area contributed by atoms with E-state index < -0.39 is 5.97 Å². The molecule has 4 rings (SSSR count). The highest BCUT2D eigenvalue weighted by Gasteiger charge is 2.29. The van der Waals surface area contributed by atoms with Crippen LogP contribution in [0.1, 0.15) is 26.7 Å². The van der Waals surface area contributed by atoms with Crippen molar-refractivity contribution in [1.82, 2.24) is 9.78 Å². The molecule has 136 valence electrons. The molecule has 0 fully saturated rings. The Morgan fingerprint density at radius 2 is 1.93 bits per heavy atom. The second-order valence-electron chi connectivity index (χ2n) is 5.97. The second kappa shape index (κ2) is 6.88. The number of fused-ring (bicyclic) bond motifs is 1. The van der Waals surface area contributed by atoms with E-state index in [9.17, 15) is 14.0 Å². The van der Waals surface area contributed by atoms with Gasteiger partial charge in [0.05, 0.1) is 28.5 Å². The number of nitrogens with one attached hydrogen (secondary N) is 1. The van der Waals surface area contributed by atoms with E-state index in [0.29, 0.717) is 22.6 Å². The number of carboxylic acid groups (broad SMARTS) is 1. The standard InChI is InChI=1S/C19H14FN3O3S/c20-15-4-2-1-3-13(15)17-14-9-21-23(18(14)22-16(24)10-27-17)12-7-5-11(6-8-12)19(25)26/h1-9,17H,10H2,(H,22,24)(H,25,26)/t17-/m1/s1. The van der Waals surface area contributed by atoms with Crippen LogP contribution < -0.4 is 5.32 Å². The molecule has 0 spiro atoms. The van der Waals surface area contributed by atoms with Crippen molar-refractivity contribution in [2.24, 2.45) is 0 Å². The van der Waals surface area contributed by atoms with E-state index in [1.54, 1.807) is 36.5 Å². The van der Waals surface area contributed by atoms with E-state index >= 15 is 0 Å². The fourth-order valence-electron chi connectivity index (χ4n) is 2.98. The molecule has 3 aromatic rings. The van der Waals surface area contributed by atoms with Gasteiger partial charge in [0.25, 0.3) is 0 Å². The van der Waals surface area contributed by atoms with Crippen molar-refractivity contribution in [2.45, 2.75) is 5.25 Å². The number of rotatable bonds is 3. The molecule has 8 heteroatoms. The van der Waals surface area contributed by atoms with Gasteiger partial charge in [-0.3, -0.25) is 4.79 Å². The predicted octanol–water partition coefficient (Wildman–Crippen LogP) is 3.48. The number of thioether (sulfide) groups is 1. The number of nitrogens with zero attached hydrogens (tertiary/aromatic N) is 2. The molecule has 6 nitrogen and oxygen atoms in total. The highest BCUT2D eigenvalue weighted by Crippen LogP contribution is 2.42. The molecule has 27 heavy (non-hydrogen) atoms. The molecular formula is C19H14FN3O3S. The third kappa shape index (κ3) is 3.19. The molecule has 0 unspecified atom stereocenters. The summed E-state index contributed by atoms with van der Waals surface area (Å²) in [5, 5.41) is 15.8. The van der Waals surface area contributed by atoms with E-state index in [1.165, 1.54) is 34.6 Å². The van der Waals surface area contributed by atoms with Crippen molar-refractivity contribution >= 4 is 29.5 Å². The highest BCUT2D eigenvalue weighted by molar-refractivity contribution is 8.00. The third-order valence-corrected chi connectivity index (χ3v) is 5.54. The summed E-state index contributed by atoms with van der Waals surface area (Å²) in [6.07, 6.45) is 1.61. The molecular weight excluding hydrogens is 369 g/mol. The minimum absolute atomic E-state index is 0.154. The topological polar surface area (TPSA) is 84.2 Å². The van der Waals surface area contributed by atoms with E-state index in [-0.39, 0.29) is 28.3 Å². The molecule has 2 aromatic carbocycles. The predicted molar refractivity (Wildman–Crippen MR) is 99.9 cm³/mol. The SMILES string of the molecule is O=C1CS[C@H](c2ccccc2F)c2cnn(-c3ccc(C(=O)O)cc3)c2N1. The van der Waals surface area contributed by atoms with Crippen LogP contribution in [0.3, 0.4) is 0 Å². The van der Waals surface area contributed by atoms with Crippen LogP contribution in [-0.2, 0) is 4.79 Å². The number of aromatic carboxylic acids is 1. The molecule has 1 atom stereocenters. The maximum Gasteiger partial charge on any atom is 0.335 e. The number of hydrogen-bond donors (Lipinski definition) is 2. The zero-order valence-electron chi connectivity index (χ0n) is 13.9. The fraction of sp³-hybridized carbons (Fsp3) is 0.105. The number of amides is 1. The first kappa shape index (κ1) is 17.3. The molecule has 1 aliphatic rings. The number of hydrogen-bond acceptors (Lipinski definition) is 4. The van der Waals surface area contributed by atoms with Gasteiger partial charge in [0.15, 0.2) is 0 Å². The Hall–Kier alpha value is -3.13. The lowest BCUT2D eigenvalue weighted by atomic mass is 10.1.